The lowest BCUT2D eigenvalue weighted by molar-refractivity contribution is -0.132. The molecule has 0 radical (unpaired) electrons. The summed E-state index contributed by atoms with van der Waals surface area (Å²) in [7, 11) is 7.36. The number of carbonyl (C=O) groups excluding carboxylic acids is 4. The summed E-state index contributed by atoms with van der Waals surface area (Å²) in [6, 6.07) is 26.1. The number of ether oxygens (including phenoxy) is 1. The zero-order valence-corrected chi connectivity index (χ0v) is 59.7. The van der Waals surface area contributed by atoms with E-state index in [0.717, 1.165) is 141 Å². The standard InChI is InChI=1S/C27H27FN6O3.C26H27N7O2.C26H25N7O2/c1-37-16-27(36)8-2-9-33(15-27)18-3-6-23(29-12-18)32-21-5-4-19(20-13-31-26(35)25(20)21)22-14-30-24-11-17(28)7-10-34(22)24;1-26(35)7-11-33(12-8-26)16-3-4-21(28-13-16)31-20-15-29-23(19-14-30-25(34)22(19)20)17-5-9-27-24-18(17)6-10-32(24)2;1-32-9-6-15(11-22(32)34)16-3-4-21(28-12-16)31-20-14-29-24(19-13-30-26(35)23(19)20)17-5-8-27-25-18(17)7-10-33(25)2/h3-7,10-12,14,36H,2,8-9,13,15-16H2,1H3,(H,29,32)(H,31,35);3-6,9-10,13,15,35H,7-8,11-12,14H2,1-2H3,(H,28,31)(H,30,34);3-5,7-8,10,12,14-15H,6,9,11,13H2,1-2H3,(H,28,31)(H,30,35)/t27-;;/m0../s1. The van der Waals surface area contributed by atoms with Gasteiger partial charge >= 0.3 is 0 Å². The van der Waals surface area contributed by atoms with Crippen LogP contribution in [0.1, 0.15) is 105 Å². The van der Waals surface area contributed by atoms with Gasteiger partial charge in [0.15, 0.2) is 0 Å². The van der Waals surface area contributed by atoms with Crippen molar-refractivity contribution < 1.29 is 38.5 Å². The van der Waals surface area contributed by atoms with E-state index in [1.807, 2.05) is 139 Å². The first kappa shape index (κ1) is 69.1. The smallest absolute Gasteiger partial charge is 0.254 e. The Hall–Kier alpha value is -12.3. The van der Waals surface area contributed by atoms with Crippen molar-refractivity contribution in [2.75, 3.05) is 79.2 Å². The fraction of sp³-hybridized carbons (Fsp3) is 0.291. The van der Waals surface area contributed by atoms with Crippen LogP contribution in [0.2, 0.25) is 0 Å². The summed E-state index contributed by atoms with van der Waals surface area (Å²) in [5.74, 6) is 1.45. The Bertz CT molecular complexity index is 5460. The zero-order chi connectivity index (χ0) is 73.8. The minimum atomic E-state index is -0.866. The van der Waals surface area contributed by atoms with Crippen LogP contribution >= 0.6 is 0 Å². The van der Waals surface area contributed by atoms with E-state index in [0.29, 0.717) is 102 Å². The predicted molar refractivity (Wildman–Crippen MR) is 405 cm³/mol. The maximum atomic E-state index is 13.6. The Morgan fingerprint density at radius 2 is 1.12 bits per heavy atom. The molecule has 1 unspecified atom stereocenters. The average Bonchev–Trinajstić information content (AvgIpc) is 1.65. The molecule has 1 aromatic carbocycles. The molecule has 3 saturated heterocycles. The lowest BCUT2D eigenvalue weighted by atomic mass is 9.90. The highest BCUT2D eigenvalue weighted by molar-refractivity contribution is 6.09. The molecule has 18 rings (SSSR count). The van der Waals surface area contributed by atoms with E-state index in [2.05, 4.69) is 71.6 Å². The molecule has 0 spiro atoms. The number of imidazole rings is 1. The molecular weight excluding hydrogens is 1360 g/mol. The molecule has 0 bridgehead atoms. The van der Waals surface area contributed by atoms with Gasteiger partial charge in [0.1, 0.15) is 45.8 Å². The molecule has 8 N–H and O–H groups in total. The van der Waals surface area contributed by atoms with Crippen molar-refractivity contribution in [3.8, 4) is 33.8 Å². The van der Waals surface area contributed by atoms with E-state index >= 15 is 0 Å². The summed E-state index contributed by atoms with van der Waals surface area (Å²) >= 11 is 0. The maximum Gasteiger partial charge on any atom is 0.254 e. The topological polar surface area (TPSA) is 317 Å². The SMILES string of the molecule is CN1CCC(c2ccc(Nc3cnc(-c4ccnc5c4ccn5C)c4c3C(=O)NC4)nc2)CC1=O.COC[C@]1(O)CCCN(c2ccc(Nc3ccc(-c4cnc5cc(F)ccn45)c4c3C(=O)NC4)nc2)C1.Cn1ccc2c(-c3ncc(Nc4ccc(N5CCC(C)(O)CC5)cn4)c4c3CNC4=O)ccnc21. The Balaban J connectivity index is 0.000000123. The van der Waals surface area contributed by atoms with Crippen LogP contribution in [0.5, 0.6) is 0 Å². The van der Waals surface area contributed by atoms with Crippen molar-refractivity contribution in [2.24, 2.45) is 14.1 Å². The molecule has 11 aromatic heterocycles. The number of aromatic nitrogens is 11. The summed E-state index contributed by atoms with van der Waals surface area (Å²) in [5.41, 5.74) is 15.1. The highest BCUT2D eigenvalue weighted by atomic mass is 19.1. The molecular formula is C79H79FN20O7. The number of likely N-dealkylation sites (tertiary alicyclic amines) is 1. The Labute approximate surface area is 614 Å². The van der Waals surface area contributed by atoms with Crippen LogP contribution in [-0.4, -0.2) is 157 Å². The van der Waals surface area contributed by atoms with Crippen molar-refractivity contribution in [3.63, 3.8) is 0 Å². The largest absolute Gasteiger partial charge is 0.390 e. The first-order valence-electron chi connectivity index (χ1n) is 35.7. The second-order valence-electron chi connectivity index (χ2n) is 28.4. The molecule has 107 heavy (non-hydrogen) atoms. The summed E-state index contributed by atoms with van der Waals surface area (Å²) < 4.78 is 24.6. The molecule has 6 aliphatic rings. The van der Waals surface area contributed by atoms with Gasteiger partial charge in [0.25, 0.3) is 17.7 Å². The van der Waals surface area contributed by atoms with E-state index in [1.54, 1.807) is 55.4 Å². The third kappa shape index (κ3) is 13.6. The van der Waals surface area contributed by atoms with Gasteiger partial charge in [0.2, 0.25) is 5.91 Å². The van der Waals surface area contributed by atoms with Crippen LogP contribution in [-0.2, 0) is 43.3 Å². The minimum Gasteiger partial charge on any atom is -0.390 e. The monoisotopic (exact) mass is 1440 g/mol. The second kappa shape index (κ2) is 28.3. The number of benzene rings is 1. The Kier molecular flexibility index (Phi) is 18.3. The average molecular weight is 1440 g/mol. The number of pyridine rings is 8. The van der Waals surface area contributed by atoms with E-state index in [9.17, 15) is 33.8 Å². The molecule has 27 nitrogen and oxygen atoms in total. The number of halogens is 1. The quantitative estimate of drug-likeness (QED) is 0.0502. The van der Waals surface area contributed by atoms with Crippen molar-refractivity contribution in [1.82, 2.24) is 74.3 Å². The molecule has 0 saturated carbocycles. The van der Waals surface area contributed by atoms with Gasteiger partial charge in [-0.3, -0.25) is 33.5 Å². The molecule has 0 aliphatic carbocycles. The summed E-state index contributed by atoms with van der Waals surface area (Å²) in [6.45, 7) is 7.09. The van der Waals surface area contributed by atoms with Gasteiger partial charge in [-0.25, -0.2) is 34.3 Å². The lowest BCUT2D eigenvalue weighted by Gasteiger charge is -2.39. The number of β-amino-alcohol motifs (C(OH)–C–C–N with tert-alkyl or cyclic N) is 1. The summed E-state index contributed by atoms with van der Waals surface area (Å²) in [4.78, 5) is 93.1. The van der Waals surface area contributed by atoms with Crippen molar-refractivity contribution in [3.05, 3.63) is 198 Å². The highest BCUT2D eigenvalue weighted by Gasteiger charge is 2.36. The van der Waals surface area contributed by atoms with Gasteiger partial charge in [-0.05, 0) is 123 Å². The second-order valence-corrected chi connectivity index (χ2v) is 28.4. The van der Waals surface area contributed by atoms with Gasteiger partial charge < -0.3 is 70.7 Å². The van der Waals surface area contributed by atoms with E-state index < -0.39 is 11.2 Å². The van der Waals surface area contributed by atoms with E-state index in [-0.39, 0.29) is 35.4 Å². The molecule has 544 valence electrons. The number of amides is 4. The van der Waals surface area contributed by atoms with Gasteiger partial charge in [0, 0.05) is 169 Å². The maximum absolute atomic E-state index is 13.6. The number of rotatable bonds is 14. The Morgan fingerprint density at radius 1 is 0.561 bits per heavy atom. The third-order valence-electron chi connectivity index (χ3n) is 21.2. The van der Waals surface area contributed by atoms with Crippen LogP contribution in [0.25, 0.3) is 61.5 Å². The van der Waals surface area contributed by atoms with Gasteiger partial charge in [0.05, 0.1) is 105 Å². The number of piperidine rings is 3. The van der Waals surface area contributed by atoms with Crippen LogP contribution in [0.4, 0.5) is 50.3 Å². The number of anilines is 8. The molecule has 28 heteroatoms. The molecule has 12 aromatic rings. The van der Waals surface area contributed by atoms with Crippen molar-refractivity contribution >= 4 is 97.2 Å². The first-order valence-corrected chi connectivity index (χ1v) is 35.7. The van der Waals surface area contributed by atoms with E-state index in [4.69, 9.17) is 14.7 Å². The molecule has 3 fully saturated rings. The molecule has 4 amide bonds. The lowest BCUT2D eigenvalue weighted by Crippen LogP contribution is -2.51. The number of methoxy groups -OCH3 is 1. The van der Waals surface area contributed by atoms with Crippen molar-refractivity contribution in [1.29, 1.82) is 0 Å². The third-order valence-corrected chi connectivity index (χ3v) is 21.2. The molecule has 17 heterocycles. The number of nitrogens with zero attached hydrogens (tertiary/aromatic N) is 14. The van der Waals surface area contributed by atoms with Crippen molar-refractivity contribution in [2.45, 2.75) is 82.2 Å². The van der Waals surface area contributed by atoms with E-state index in [1.165, 1.54) is 12.1 Å². The normalized spacial score (nSPS) is 17.9. The number of hydrogen-bond acceptors (Lipinski definition) is 20. The summed E-state index contributed by atoms with van der Waals surface area (Å²) in [5, 5.41) is 41.6. The number of fused-ring (bicyclic) bond motifs is 6. The fourth-order valence-corrected chi connectivity index (χ4v) is 15.3. The fourth-order valence-electron chi connectivity index (χ4n) is 15.3. The van der Waals surface area contributed by atoms with Gasteiger partial charge in [-0.2, -0.15) is 0 Å². The summed E-state index contributed by atoms with van der Waals surface area (Å²) in [6.07, 6.45) is 24.1. The number of hydrogen-bond donors (Lipinski definition) is 8. The predicted octanol–water partition coefficient (Wildman–Crippen LogP) is 10.2. The zero-order valence-electron chi connectivity index (χ0n) is 59.7. The number of aliphatic hydroxyl groups is 2. The van der Waals surface area contributed by atoms with Gasteiger partial charge in [-0.15, -0.1) is 0 Å². The number of aryl methyl sites for hydroxylation is 2. The Morgan fingerprint density at radius 3 is 1.68 bits per heavy atom. The minimum absolute atomic E-state index is 0.124. The number of nitrogens with one attached hydrogen (secondary N) is 6. The highest BCUT2D eigenvalue weighted by Crippen LogP contribution is 2.41. The van der Waals surface area contributed by atoms with Crippen LogP contribution in [0.15, 0.2) is 153 Å². The molecule has 2 atom stereocenters. The van der Waals surface area contributed by atoms with Crippen LogP contribution in [0, 0.1) is 5.82 Å². The van der Waals surface area contributed by atoms with Gasteiger partial charge in [-0.1, -0.05) is 12.1 Å². The van der Waals surface area contributed by atoms with Crippen LogP contribution in [0.3, 0.4) is 0 Å². The van der Waals surface area contributed by atoms with Crippen LogP contribution < -0.4 is 41.7 Å². The number of carbonyl (C=O) groups is 4. The first-order chi connectivity index (χ1) is 51.8. The molecule has 6 aliphatic heterocycles.